The zero-order valence-corrected chi connectivity index (χ0v) is 52.7. The van der Waals surface area contributed by atoms with Crippen molar-refractivity contribution in [1.82, 2.24) is 4.90 Å². The van der Waals surface area contributed by atoms with Gasteiger partial charge in [-0.25, -0.2) is 0 Å². The Labute approximate surface area is 335 Å². The van der Waals surface area contributed by atoms with E-state index in [9.17, 15) is 4.79 Å². The molecule has 0 N–H and O–H groups in total. The molecule has 0 aliphatic heterocycles. The fourth-order valence-electron chi connectivity index (χ4n) is 0.660. The van der Waals surface area contributed by atoms with Crippen molar-refractivity contribution < 1.29 is 295 Å². The van der Waals surface area contributed by atoms with Crippen LogP contribution in [0.15, 0.2) is 9.32 Å². The SMILES string of the molecule is C[C-]=C([N]=[W])N(C(=O)[CH]=[W])[C](C)=[W].[W].[W].[W].[W].[W].[W].[W].[W].[W].[W].[W]. The van der Waals surface area contributed by atoms with Crippen molar-refractivity contribution in [3.63, 3.8) is 0 Å². The third kappa shape index (κ3) is 37.7. The number of carbonyl (C=O) groups excluding carboxylic acids is 1. The van der Waals surface area contributed by atoms with Gasteiger partial charge in [0.1, 0.15) is 0 Å². The monoisotopic (exact) mass is 2710 g/mol. The summed E-state index contributed by atoms with van der Waals surface area (Å²) in [5.74, 6) is 0.627. The van der Waals surface area contributed by atoms with Gasteiger partial charge >= 0.3 is 112 Å². The predicted molar refractivity (Wildman–Crippen MR) is 38.4 cm³/mol. The number of nitrogens with zero attached hydrogens (tertiary/aromatic N) is 2. The second-order valence-corrected chi connectivity index (χ2v) is 5.60. The first-order chi connectivity index (χ1) is 6.08. The summed E-state index contributed by atoms with van der Waals surface area (Å²) in [7, 11) is 0. The van der Waals surface area contributed by atoms with Crippen LogP contribution in [0.1, 0.15) is 13.8 Å². The average molecular weight is 2710 g/mol. The van der Waals surface area contributed by atoms with Crippen LogP contribution in [0.3, 0.4) is 0 Å². The maximum atomic E-state index is 11.5. The molecule has 0 aliphatic rings. The molecule has 0 heterocycles. The molecule has 0 aromatic rings. The molecule has 0 spiro atoms. The molecule has 0 aromatic carbocycles. The van der Waals surface area contributed by atoms with E-state index in [4.69, 9.17) is 0 Å². The minimum Gasteiger partial charge on any atom is 0 e. The Kier molecular flexibility index (Phi) is 169. The summed E-state index contributed by atoms with van der Waals surface area (Å²) < 4.78 is 6.69. The fourth-order valence-corrected chi connectivity index (χ4v) is 2.29. The molecule has 0 rings (SSSR count). The molecular weight excluding hydrogens is 2700 g/mol. The van der Waals surface area contributed by atoms with Crippen LogP contribution in [-0.2, 0) is 295 Å². The minimum atomic E-state index is -0.00292. The number of rotatable bonds is 4. The molecule has 3 nitrogen and oxygen atoms in total. The number of carbonyl (C=O) groups is 1. The van der Waals surface area contributed by atoms with Gasteiger partial charge in [0.25, 0.3) is 0 Å². The van der Waals surface area contributed by atoms with E-state index in [1.165, 1.54) is 19.4 Å². The van der Waals surface area contributed by atoms with E-state index < -0.39 is 0 Å². The molecule has 24 heavy (non-hydrogen) atoms. The number of allylic oxidation sites excluding steroid dienone is 1. The number of hydrogen-bond acceptors (Lipinski definition) is 2. The molecule has 0 aliphatic carbocycles. The zero-order valence-electron chi connectivity index (χ0n) is 11.6. The zero-order chi connectivity index (χ0) is 10.4. The second kappa shape index (κ2) is 53.0. The van der Waals surface area contributed by atoms with Gasteiger partial charge in [0.05, 0.1) is 0 Å². The molecule has 17 heteroatoms. The van der Waals surface area contributed by atoms with Gasteiger partial charge in [-0.15, -0.1) is 0 Å². The quantitative estimate of drug-likeness (QED) is 0.372. The number of amides is 1. The Bertz CT molecular complexity index is 299. The molecule has 0 aromatic heterocycles. The van der Waals surface area contributed by atoms with Gasteiger partial charge < -0.3 is 0 Å². The van der Waals surface area contributed by atoms with Gasteiger partial charge in [-0.1, -0.05) is 0 Å². The van der Waals surface area contributed by atoms with Crippen molar-refractivity contribution in [3.8, 4) is 0 Å². The van der Waals surface area contributed by atoms with E-state index in [1.807, 2.05) is 6.92 Å². The van der Waals surface area contributed by atoms with E-state index in [-0.39, 0.29) is 238 Å². The Morgan fingerprint density at radius 2 is 1.21 bits per heavy atom. The predicted octanol–water partition coefficient (Wildman–Crippen LogP) is 0.228. The van der Waals surface area contributed by atoms with E-state index in [1.54, 1.807) is 16.2 Å². The van der Waals surface area contributed by atoms with E-state index in [0.29, 0.717) is 5.82 Å². The first kappa shape index (κ1) is 76.8. The van der Waals surface area contributed by atoms with Crippen LogP contribution in [0.25, 0.3) is 0 Å². The molecule has 0 atom stereocenters. The first-order valence-corrected chi connectivity index (χ1v) is 7.73. The molecule has 0 saturated carbocycles. The summed E-state index contributed by atoms with van der Waals surface area (Å²) >= 11 is 3.50. The van der Waals surface area contributed by atoms with Gasteiger partial charge in [-0.2, -0.15) is 0 Å². The Morgan fingerprint density at radius 3 is 1.33 bits per heavy atom. The normalized spacial score (nSPS) is 5.67. The van der Waals surface area contributed by atoms with Gasteiger partial charge in [-0.05, 0) is 0 Å². The molecule has 136 valence electrons. The van der Waals surface area contributed by atoms with E-state index >= 15 is 0 Å². The smallest absolute Gasteiger partial charge is 0 e. The Hall–Kier alpha value is 8.39. The van der Waals surface area contributed by atoms with Crippen molar-refractivity contribution in [3.05, 3.63) is 11.9 Å². The van der Waals surface area contributed by atoms with E-state index in [2.05, 4.69) is 9.57 Å². The molecule has 0 unspecified atom stereocenters. The molecule has 0 fully saturated rings. The van der Waals surface area contributed by atoms with Gasteiger partial charge in [0, 0.05) is 232 Å². The van der Waals surface area contributed by atoms with Crippen LogP contribution < -0.4 is 0 Å². The maximum absolute atomic E-state index is 11.5. The summed E-state index contributed by atoms with van der Waals surface area (Å²) in [6.07, 6.45) is 2.91. The maximum Gasteiger partial charge on any atom is 0 e. The van der Waals surface area contributed by atoms with Crippen molar-refractivity contribution in [2.24, 2.45) is 3.50 Å². The van der Waals surface area contributed by atoms with Crippen molar-refractivity contribution in [2.75, 3.05) is 0 Å². The average Bonchev–Trinajstić information content (AvgIpc) is 2.12. The molecule has 0 saturated heterocycles. The van der Waals surface area contributed by atoms with Gasteiger partial charge in [-0.3, -0.25) is 0 Å². The fraction of sp³-hybridized carbons (Fsp3) is 0.286. The van der Waals surface area contributed by atoms with E-state index in [0.717, 1.165) is 43.0 Å². The second-order valence-electron chi connectivity index (χ2n) is 1.98. The van der Waals surface area contributed by atoms with Crippen LogP contribution in [0.2, 0.25) is 0 Å². The Balaban J connectivity index is -0.0000000131. The summed E-state index contributed by atoms with van der Waals surface area (Å²) in [5, 5.41) is 0. The molecule has 0 bridgehead atoms. The minimum absolute atomic E-state index is 0. The third-order valence-corrected chi connectivity index (χ3v) is 3.16. The van der Waals surface area contributed by atoms with Gasteiger partial charge in [0.2, 0.25) is 0 Å². The topological polar surface area (TPSA) is 32.7 Å². The van der Waals surface area contributed by atoms with Crippen LogP contribution >= 0.6 is 0 Å². The van der Waals surface area contributed by atoms with Gasteiger partial charge in [0.15, 0.2) is 0 Å². The van der Waals surface area contributed by atoms with Crippen molar-refractivity contribution >= 4 is 14.3 Å². The third-order valence-electron chi connectivity index (χ3n) is 1.16. The number of hydrogen-bond donors (Lipinski definition) is 0. The summed E-state index contributed by atoms with van der Waals surface area (Å²) in [5.41, 5.74) is 0. The van der Waals surface area contributed by atoms with Crippen LogP contribution in [0.4, 0.5) is 0 Å². The molecule has 1 amide bonds. The molecular formula is C7H7N2OW14-. The van der Waals surface area contributed by atoms with Crippen molar-refractivity contribution in [1.29, 1.82) is 0 Å². The summed E-state index contributed by atoms with van der Waals surface area (Å²) in [6.45, 7) is 3.69. The van der Waals surface area contributed by atoms with Crippen LogP contribution in [0.5, 0.6) is 0 Å². The summed E-state index contributed by atoms with van der Waals surface area (Å²) in [4.78, 5) is 13.1. The van der Waals surface area contributed by atoms with Crippen LogP contribution in [0, 0.1) is 6.08 Å². The first-order valence-electron chi connectivity index (χ1n) is 3.26. The largest absolute Gasteiger partial charge is 0 e. The Morgan fingerprint density at radius 1 is 0.917 bits per heavy atom. The standard InChI is InChI=1S/C7H7N2O.14W/c1-4-7(8)9(5-2)6(3)10;;;;;;;;;;;;;;/h3H,1-2H3;;;;;;;;;;;;;;/q-1;;;;;;;;;;;;;;. The summed E-state index contributed by atoms with van der Waals surface area (Å²) in [6, 6.07) is 0. The van der Waals surface area contributed by atoms with Crippen molar-refractivity contribution in [2.45, 2.75) is 13.8 Å². The van der Waals surface area contributed by atoms with Crippen LogP contribution in [-0.4, -0.2) is 19.2 Å². The molecule has 0 radical (unpaired) electrons.